The molecular formula is C35H61FN4O7P2. The number of hydrogen-bond acceptors (Lipinski definition) is 9. The van der Waals surface area contributed by atoms with E-state index in [2.05, 4.69) is 41.0 Å². The van der Waals surface area contributed by atoms with Gasteiger partial charge in [-0.25, -0.2) is 9.18 Å². The van der Waals surface area contributed by atoms with Crippen LogP contribution in [0.2, 0.25) is 0 Å². The van der Waals surface area contributed by atoms with Gasteiger partial charge in [-0.1, -0.05) is 19.9 Å². The smallest absolute Gasteiger partial charge is 0.334 e. The molecule has 0 aromatic heterocycles. The molecule has 3 atom stereocenters. The first-order valence-electron chi connectivity index (χ1n) is 17.5. The predicted octanol–water partition coefficient (Wildman–Crippen LogP) is 3.37. The van der Waals surface area contributed by atoms with Crippen molar-refractivity contribution >= 4 is 46.9 Å². The van der Waals surface area contributed by atoms with Crippen LogP contribution >= 0.6 is 18.5 Å². The lowest BCUT2D eigenvalue weighted by atomic mass is 10.1. The number of benzene rings is 1. The second-order valence-electron chi connectivity index (χ2n) is 11.9. The van der Waals surface area contributed by atoms with Crippen molar-refractivity contribution in [3.8, 4) is 5.75 Å². The molecule has 0 spiro atoms. The summed E-state index contributed by atoms with van der Waals surface area (Å²) >= 11 is 0. The van der Waals surface area contributed by atoms with E-state index in [-0.39, 0.29) is 30.4 Å². The first kappa shape index (κ1) is 44.8. The maximum absolute atomic E-state index is 15.2. The highest BCUT2D eigenvalue weighted by atomic mass is 31.0. The fourth-order valence-corrected chi connectivity index (χ4v) is 5.44. The number of allylic oxidation sites excluding steroid dienone is 1. The SMILES string of the molecule is C=C(CCCCCOCCN)NCCCCC(NC(=O)CCCNC(=O)CCOCCOCCC)C(=O)Oc1c(F)c(P)c(C)c(C)c1P. The summed E-state index contributed by atoms with van der Waals surface area (Å²) in [5.74, 6) is -2.05. The van der Waals surface area contributed by atoms with Crippen LogP contribution in [0.4, 0.5) is 4.39 Å². The van der Waals surface area contributed by atoms with E-state index in [0.29, 0.717) is 89.1 Å². The Morgan fingerprint density at radius 2 is 1.45 bits per heavy atom. The van der Waals surface area contributed by atoms with Gasteiger partial charge in [0.2, 0.25) is 11.8 Å². The summed E-state index contributed by atoms with van der Waals surface area (Å²) in [5.41, 5.74) is 7.92. The number of amides is 2. The monoisotopic (exact) mass is 730 g/mol. The maximum Gasteiger partial charge on any atom is 0.334 e. The van der Waals surface area contributed by atoms with Crippen LogP contribution in [0.5, 0.6) is 5.75 Å². The Hall–Kier alpha value is -2.20. The van der Waals surface area contributed by atoms with Gasteiger partial charge in [0.1, 0.15) is 6.04 Å². The number of rotatable bonds is 29. The van der Waals surface area contributed by atoms with Crippen molar-refractivity contribution in [3.05, 3.63) is 29.2 Å². The summed E-state index contributed by atoms with van der Waals surface area (Å²) in [6.45, 7) is 14.5. The van der Waals surface area contributed by atoms with E-state index in [4.69, 9.17) is 24.7 Å². The highest BCUT2D eigenvalue weighted by Gasteiger charge is 2.26. The van der Waals surface area contributed by atoms with Crippen LogP contribution in [0.25, 0.3) is 0 Å². The van der Waals surface area contributed by atoms with E-state index in [9.17, 15) is 14.4 Å². The minimum Gasteiger partial charge on any atom is -0.421 e. The normalized spacial score (nSPS) is 11.7. The van der Waals surface area contributed by atoms with E-state index < -0.39 is 17.8 Å². The first-order chi connectivity index (χ1) is 23.5. The van der Waals surface area contributed by atoms with E-state index in [1.807, 2.05) is 13.8 Å². The number of unbranched alkanes of at least 4 members (excludes halogenated alkanes) is 3. The summed E-state index contributed by atoms with van der Waals surface area (Å²) in [4.78, 5) is 38.3. The average Bonchev–Trinajstić information content (AvgIpc) is 3.08. The zero-order valence-corrected chi connectivity index (χ0v) is 32.2. The van der Waals surface area contributed by atoms with Crippen LogP contribution < -0.4 is 37.0 Å². The fourth-order valence-electron chi connectivity index (χ4n) is 4.69. The lowest BCUT2D eigenvalue weighted by Crippen LogP contribution is -2.44. The molecule has 14 heteroatoms. The van der Waals surface area contributed by atoms with Crippen molar-refractivity contribution in [2.45, 2.75) is 97.4 Å². The van der Waals surface area contributed by atoms with Crippen molar-refractivity contribution in [2.75, 3.05) is 59.3 Å². The molecule has 0 aliphatic rings. The van der Waals surface area contributed by atoms with Crippen LogP contribution in [0.3, 0.4) is 0 Å². The third-order valence-electron chi connectivity index (χ3n) is 7.79. The lowest BCUT2D eigenvalue weighted by Gasteiger charge is -2.20. The summed E-state index contributed by atoms with van der Waals surface area (Å²) in [6, 6.07) is -0.969. The van der Waals surface area contributed by atoms with Gasteiger partial charge in [-0.2, -0.15) is 0 Å². The Labute approximate surface area is 297 Å². The molecule has 2 amide bonds. The Morgan fingerprint density at radius 1 is 0.776 bits per heavy atom. The maximum atomic E-state index is 15.2. The van der Waals surface area contributed by atoms with E-state index >= 15 is 4.39 Å². The first-order valence-corrected chi connectivity index (χ1v) is 18.6. The number of esters is 1. The number of halogens is 1. The van der Waals surface area contributed by atoms with E-state index in [0.717, 1.165) is 55.3 Å². The van der Waals surface area contributed by atoms with Crippen molar-refractivity contribution < 1.29 is 37.7 Å². The third kappa shape index (κ3) is 19.7. The van der Waals surface area contributed by atoms with Gasteiger partial charge in [-0.05, 0) is 76.3 Å². The van der Waals surface area contributed by atoms with Crippen LogP contribution in [0, 0.1) is 19.7 Å². The Kier molecular flexibility index (Phi) is 25.2. The Balaban J connectivity index is 2.59. The van der Waals surface area contributed by atoms with Crippen molar-refractivity contribution in [1.82, 2.24) is 16.0 Å². The zero-order chi connectivity index (χ0) is 36.4. The number of carbonyl (C=O) groups is 3. The Morgan fingerprint density at radius 3 is 2.16 bits per heavy atom. The number of carbonyl (C=O) groups excluding carboxylic acids is 3. The largest absolute Gasteiger partial charge is 0.421 e. The molecule has 0 fully saturated rings. The topological polar surface area (TPSA) is 150 Å². The molecule has 3 unspecified atom stereocenters. The quantitative estimate of drug-likeness (QED) is 0.0421. The molecule has 11 nitrogen and oxygen atoms in total. The molecule has 0 radical (unpaired) electrons. The van der Waals surface area contributed by atoms with Gasteiger partial charge in [0.25, 0.3) is 0 Å². The summed E-state index contributed by atoms with van der Waals surface area (Å²) in [5, 5.41) is 9.66. The second kappa shape index (κ2) is 27.5. The predicted molar refractivity (Wildman–Crippen MR) is 200 cm³/mol. The molecule has 0 bridgehead atoms. The number of nitrogens with two attached hydrogens (primary N) is 1. The minimum atomic E-state index is -0.969. The third-order valence-corrected chi connectivity index (χ3v) is 9.18. The number of ether oxygens (including phenoxy) is 4. The molecule has 5 N–H and O–H groups in total. The van der Waals surface area contributed by atoms with Crippen LogP contribution in [0.1, 0.15) is 88.7 Å². The standard InChI is InChI=1S/C35H61FN4O7P2/c1-5-19-44-23-24-46-21-15-29(41)39-18-11-14-30(42)40-28(35(43)47-32-31(36)33(48)26(3)27(4)34(32)49)13-8-9-17-38-25(2)12-7-6-10-20-45-22-16-37/h28,38H,2,5-24,37,48-49H2,1,3-4H3,(H,39,41)(H,40,42). The summed E-state index contributed by atoms with van der Waals surface area (Å²) in [6.07, 6.45) is 7.20. The van der Waals surface area contributed by atoms with Gasteiger partial charge in [-0.15, -0.1) is 18.5 Å². The highest BCUT2D eigenvalue weighted by Crippen LogP contribution is 2.23. The van der Waals surface area contributed by atoms with Crippen molar-refractivity contribution in [1.29, 1.82) is 0 Å². The molecule has 0 heterocycles. The van der Waals surface area contributed by atoms with Gasteiger partial charge >= 0.3 is 5.97 Å². The minimum absolute atomic E-state index is 0.0957. The molecule has 1 aromatic rings. The molecular weight excluding hydrogens is 669 g/mol. The van der Waals surface area contributed by atoms with Crippen LogP contribution in [0.15, 0.2) is 12.3 Å². The van der Waals surface area contributed by atoms with Gasteiger partial charge in [-0.3, -0.25) is 9.59 Å². The summed E-state index contributed by atoms with van der Waals surface area (Å²) in [7, 11) is 4.80. The van der Waals surface area contributed by atoms with Crippen LogP contribution in [-0.2, 0) is 28.6 Å². The molecule has 0 saturated carbocycles. The van der Waals surface area contributed by atoms with Gasteiger partial charge < -0.3 is 40.6 Å². The molecule has 1 rings (SSSR count). The highest BCUT2D eigenvalue weighted by molar-refractivity contribution is 7.29. The van der Waals surface area contributed by atoms with Gasteiger partial charge in [0.05, 0.1) is 26.4 Å². The van der Waals surface area contributed by atoms with Crippen molar-refractivity contribution in [2.24, 2.45) is 5.73 Å². The average molecular weight is 731 g/mol. The van der Waals surface area contributed by atoms with E-state index in [1.54, 1.807) is 6.92 Å². The van der Waals surface area contributed by atoms with Crippen molar-refractivity contribution in [3.63, 3.8) is 0 Å². The molecule has 280 valence electrons. The second-order valence-corrected chi connectivity index (χ2v) is 13.1. The zero-order valence-electron chi connectivity index (χ0n) is 29.9. The fraction of sp³-hybridized carbons (Fsp3) is 0.686. The summed E-state index contributed by atoms with van der Waals surface area (Å²) < 4.78 is 36.9. The molecule has 0 saturated heterocycles. The Bertz CT molecular complexity index is 1130. The molecule has 1 aromatic carbocycles. The lowest BCUT2D eigenvalue weighted by molar-refractivity contribution is -0.139. The molecule has 0 aliphatic heterocycles. The van der Waals surface area contributed by atoms with E-state index in [1.165, 1.54) is 0 Å². The molecule has 49 heavy (non-hydrogen) atoms. The van der Waals surface area contributed by atoms with Gasteiger partial charge in [0, 0.05) is 62.0 Å². The molecule has 0 aliphatic carbocycles. The number of hydrogen-bond donors (Lipinski definition) is 4. The number of nitrogens with one attached hydrogen (secondary N) is 3. The van der Waals surface area contributed by atoms with Gasteiger partial charge in [0.15, 0.2) is 11.6 Å². The van der Waals surface area contributed by atoms with Crippen LogP contribution in [-0.4, -0.2) is 83.1 Å².